The number of ether oxygens (including phenoxy) is 2. The first-order valence-corrected chi connectivity index (χ1v) is 45.3. The highest BCUT2D eigenvalue weighted by molar-refractivity contribution is 7.47. The fraction of sp³-hybridized carbons (Fsp3) is 0.824. The molecule has 0 fully saturated rings. The maximum absolute atomic E-state index is 12.9. The highest BCUT2D eigenvalue weighted by Crippen LogP contribution is 2.43. The number of phosphoric acid groups is 1. The van der Waals surface area contributed by atoms with Crippen LogP contribution in [0.1, 0.15) is 431 Å². The third-order valence-corrected chi connectivity index (χ3v) is 20.7. The summed E-state index contributed by atoms with van der Waals surface area (Å²) in [6.45, 7) is 4.39. The number of hydrogen-bond donors (Lipinski definition) is 1. The van der Waals surface area contributed by atoms with Gasteiger partial charge in [0.15, 0.2) is 6.10 Å². The van der Waals surface area contributed by atoms with Crippen LogP contribution in [0.25, 0.3) is 0 Å². The number of unbranched alkanes of at least 4 members (excludes halogenated alkanes) is 54. The van der Waals surface area contributed by atoms with E-state index in [1.807, 2.05) is 21.1 Å². The van der Waals surface area contributed by atoms with Gasteiger partial charge in [-0.2, -0.15) is 0 Å². The van der Waals surface area contributed by atoms with Crippen molar-refractivity contribution in [1.29, 1.82) is 0 Å². The molecule has 0 aliphatic heterocycles. The van der Waals surface area contributed by atoms with Gasteiger partial charge in [0.05, 0.1) is 27.7 Å². The van der Waals surface area contributed by atoms with Gasteiger partial charge < -0.3 is 18.9 Å². The smallest absolute Gasteiger partial charge is 0.462 e. The van der Waals surface area contributed by atoms with Crippen molar-refractivity contribution in [2.45, 2.75) is 437 Å². The van der Waals surface area contributed by atoms with Crippen molar-refractivity contribution in [1.82, 2.24) is 0 Å². The molecule has 0 radical (unpaired) electrons. The van der Waals surface area contributed by atoms with Crippen molar-refractivity contribution in [3.8, 4) is 0 Å². The van der Waals surface area contributed by atoms with Crippen LogP contribution in [-0.4, -0.2) is 74.9 Å². The number of esters is 2. The largest absolute Gasteiger partial charge is 0.472 e. The number of hydrogen-bond acceptors (Lipinski definition) is 7. The third-order valence-electron chi connectivity index (χ3n) is 19.7. The van der Waals surface area contributed by atoms with Gasteiger partial charge in [-0.15, -0.1) is 0 Å². The van der Waals surface area contributed by atoms with E-state index < -0.39 is 26.5 Å². The molecule has 2 unspecified atom stereocenters. The van der Waals surface area contributed by atoms with Crippen LogP contribution >= 0.6 is 7.82 Å². The van der Waals surface area contributed by atoms with Gasteiger partial charge in [0.2, 0.25) is 0 Å². The quantitative estimate of drug-likeness (QED) is 0.0211. The normalized spacial score (nSPS) is 13.4. The molecule has 0 amide bonds. The minimum Gasteiger partial charge on any atom is -0.462 e. The zero-order chi connectivity index (χ0) is 73.3. The maximum Gasteiger partial charge on any atom is 0.472 e. The van der Waals surface area contributed by atoms with Gasteiger partial charge in [-0.25, -0.2) is 4.57 Å². The Labute approximate surface area is 628 Å². The fourth-order valence-corrected chi connectivity index (χ4v) is 13.8. The summed E-state index contributed by atoms with van der Waals surface area (Å²) in [5, 5.41) is 0. The minimum atomic E-state index is -4.40. The Balaban J connectivity index is 3.89. The molecule has 0 aromatic rings. The molecule has 9 nitrogen and oxygen atoms in total. The first-order chi connectivity index (χ1) is 49.5. The van der Waals surface area contributed by atoms with Gasteiger partial charge in [-0.05, 0) is 70.6 Å². The maximum atomic E-state index is 12.9. The van der Waals surface area contributed by atoms with Gasteiger partial charge in [-0.1, -0.05) is 433 Å². The zero-order valence-electron chi connectivity index (χ0n) is 67.7. The minimum absolute atomic E-state index is 0.0326. The SMILES string of the molecule is CC/C=C\C/C=C\C/C=C\C/C=C\C/C=C\C/C=C\C/C=C\CCCCCCCCCCCCCCCCCCCC(=O)OC(COC(=O)CCCCCCCCCCCCCCCCCCCCCCCCCCCCCCCCCCCCCCCC)COP(=O)(O)OCC[N+](C)(C)C. The predicted octanol–water partition coefficient (Wildman–Crippen LogP) is 29.6. The summed E-state index contributed by atoms with van der Waals surface area (Å²) in [7, 11) is 1.50. The molecule has 0 aliphatic carbocycles. The van der Waals surface area contributed by atoms with Gasteiger partial charge in [-0.3, -0.25) is 18.6 Å². The highest BCUT2D eigenvalue weighted by Gasteiger charge is 2.27. The van der Waals surface area contributed by atoms with Crippen LogP contribution in [0.2, 0.25) is 0 Å². The summed E-state index contributed by atoms with van der Waals surface area (Å²) < 4.78 is 34.9. The Hall–Kier alpha value is -2.81. The van der Waals surface area contributed by atoms with Crippen molar-refractivity contribution in [2.75, 3.05) is 47.5 Å². The van der Waals surface area contributed by atoms with E-state index in [4.69, 9.17) is 18.5 Å². The topological polar surface area (TPSA) is 108 Å². The van der Waals surface area contributed by atoms with Crippen molar-refractivity contribution < 1.29 is 42.1 Å². The van der Waals surface area contributed by atoms with Crippen LogP contribution in [0.3, 0.4) is 0 Å². The third kappa shape index (κ3) is 86.0. The van der Waals surface area contributed by atoms with Crippen molar-refractivity contribution in [3.63, 3.8) is 0 Å². The van der Waals surface area contributed by atoms with E-state index >= 15 is 0 Å². The Bertz CT molecular complexity index is 1980. The van der Waals surface area contributed by atoms with Crippen LogP contribution in [0.5, 0.6) is 0 Å². The molecule has 590 valence electrons. The van der Waals surface area contributed by atoms with Gasteiger partial charge >= 0.3 is 19.8 Å². The lowest BCUT2D eigenvalue weighted by atomic mass is 10.0. The summed E-state index contributed by atoms with van der Waals surface area (Å²) in [5.41, 5.74) is 0. The number of carbonyl (C=O) groups is 2. The lowest BCUT2D eigenvalue weighted by Gasteiger charge is -2.24. The van der Waals surface area contributed by atoms with Gasteiger partial charge in [0.25, 0.3) is 0 Å². The number of phosphoric ester groups is 1. The van der Waals surface area contributed by atoms with E-state index in [0.29, 0.717) is 23.9 Å². The average Bonchev–Trinajstić information content (AvgIpc) is 0.973. The van der Waals surface area contributed by atoms with Crippen molar-refractivity contribution in [2.24, 2.45) is 0 Å². The zero-order valence-corrected chi connectivity index (χ0v) is 68.5. The Morgan fingerprint density at radius 3 is 0.842 bits per heavy atom. The molecule has 0 spiro atoms. The Kier molecular flexibility index (Phi) is 79.0. The van der Waals surface area contributed by atoms with Crippen LogP contribution in [0.4, 0.5) is 0 Å². The Morgan fingerprint density at radius 1 is 0.317 bits per heavy atom. The van der Waals surface area contributed by atoms with E-state index in [-0.39, 0.29) is 25.6 Å². The van der Waals surface area contributed by atoms with Crippen molar-refractivity contribution >= 4 is 19.8 Å². The molecule has 0 aromatic carbocycles. The molecule has 101 heavy (non-hydrogen) atoms. The standard InChI is InChI=1S/C91H168NO8P/c1-6-8-10-12-14-16-18-20-22-24-26-28-30-32-34-36-38-40-42-44-46-48-50-52-54-56-58-60-62-64-66-68-70-72-74-76-78-80-82-84-91(94)100-89(88-99-101(95,96)98-86-85-92(3,4)5)87-97-90(93)83-81-79-77-75-73-71-69-67-65-63-61-59-57-55-53-51-49-47-45-43-41-39-37-35-33-31-29-27-25-23-21-19-17-15-13-11-9-7-2/h8,10,14,16,20,22,26,28,32,34,38,40,44,46,89H,6-7,9,11-13,15,17-19,21,23-25,27,29-31,33,35-37,39,41-43,45,47-88H2,1-5H3/p+1/b10-8-,16-14-,22-20-,28-26-,34-32-,40-38-,46-44-. The molecule has 0 saturated heterocycles. The fourth-order valence-electron chi connectivity index (χ4n) is 13.1. The molecule has 1 N–H and O–H groups in total. The first kappa shape index (κ1) is 98.2. The average molecular weight is 1440 g/mol. The second-order valence-electron chi connectivity index (χ2n) is 30.9. The lowest BCUT2D eigenvalue weighted by Crippen LogP contribution is -2.37. The van der Waals surface area contributed by atoms with E-state index in [2.05, 4.69) is 98.9 Å². The monoisotopic (exact) mass is 1440 g/mol. The molecule has 0 heterocycles. The lowest BCUT2D eigenvalue weighted by molar-refractivity contribution is -0.870. The van der Waals surface area contributed by atoms with Crippen LogP contribution in [-0.2, 0) is 32.7 Å². The molecular weight excluding hydrogens is 1270 g/mol. The Morgan fingerprint density at radius 2 is 0.564 bits per heavy atom. The van der Waals surface area contributed by atoms with E-state index in [9.17, 15) is 19.0 Å². The number of carbonyl (C=O) groups excluding carboxylic acids is 2. The summed E-state index contributed by atoms with van der Waals surface area (Å²) in [5.74, 6) is -0.776. The summed E-state index contributed by atoms with van der Waals surface area (Å²) >= 11 is 0. The molecule has 0 saturated carbocycles. The van der Waals surface area contributed by atoms with E-state index in [1.165, 1.54) is 321 Å². The molecule has 0 aliphatic rings. The van der Waals surface area contributed by atoms with Crippen molar-refractivity contribution in [3.05, 3.63) is 85.1 Å². The highest BCUT2D eigenvalue weighted by atomic mass is 31.2. The molecule has 10 heteroatoms. The molecule has 0 bridgehead atoms. The second-order valence-corrected chi connectivity index (χ2v) is 32.4. The molecule has 0 aromatic heterocycles. The first-order valence-electron chi connectivity index (χ1n) is 43.8. The van der Waals surface area contributed by atoms with Gasteiger partial charge in [0.1, 0.15) is 19.8 Å². The van der Waals surface area contributed by atoms with Gasteiger partial charge in [0, 0.05) is 12.8 Å². The number of likely N-dealkylation sites (N-methyl/N-ethyl adjacent to an activating group) is 1. The van der Waals surface area contributed by atoms with E-state index in [0.717, 1.165) is 77.0 Å². The van der Waals surface area contributed by atoms with E-state index in [1.54, 1.807) is 0 Å². The van der Waals surface area contributed by atoms with Crippen LogP contribution in [0, 0.1) is 0 Å². The predicted molar refractivity (Wildman–Crippen MR) is 441 cm³/mol. The summed E-state index contributed by atoms with van der Waals surface area (Å²) in [6, 6.07) is 0. The number of allylic oxidation sites excluding steroid dienone is 14. The molecule has 2 atom stereocenters. The number of rotatable bonds is 82. The molecule has 0 rings (SSSR count). The summed E-state index contributed by atoms with van der Waals surface area (Å²) in [4.78, 5) is 36.1. The number of quaternary nitrogens is 1. The van der Waals surface area contributed by atoms with Crippen LogP contribution in [0.15, 0.2) is 85.1 Å². The second kappa shape index (κ2) is 81.3. The molecular formula is C91H169NO8P+. The van der Waals surface area contributed by atoms with Crippen LogP contribution < -0.4 is 0 Å². The summed E-state index contributed by atoms with van der Waals surface area (Å²) in [6.07, 6.45) is 113. The number of nitrogens with zero attached hydrogens (tertiary/aromatic N) is 1.